The molecular formula is HN3Rh. The largest absolute Gasteiger partial charge is 0.108 e. The van der Waals surface area contributed by atoms with Gasteiger partial charge < -0.3 is 0 Å². The second-order valence-corrected chi connectivity index (χ2v) is 0.100. The van der Waals surface area contributed by atoms with E-state index in [1.165, 1.54) is 0 Å². The minimum Gasteiger partial charge on any atom is -0.108 e. The Bertz CT molecular complexity index is 24.3. The molecule has 0 aliphatic carbocycles. The van der Waals surface area contributed by atoms with Gasteiger partial charge in [0.25, 0.3) is 0 Å². The molecule has 0 spiro atoms. The SMILES string of the molecule is [N-]=[N+]=N.[Rh]. The molecule has 0 amide bonds. The Labute approximate surface area is 36.2 Å². The minimum absolute atomic E-state index is 0. The van der Waals surface area contributed by atoms with Gasteiger partial charge in [-0.15, -0.1) is 5.53 Å². The van der Waals surface area contributed by atoms with E-state index in [1.807, 2.05) is 0 Å². The van der Waals surface area contributed by atoms with E-state index in [9.17, 15) is 0 Å². The van der Waals surface area contributed by atoms with Crippen molar-refractivity contribution < 1.29 is 19.5 Å². The van der Waals surface area contributed by atoms with Gasteiger partial charge in [0.1, 0.15) is 0 Å². The Hall–Kier alpha value is -0.0666. The van der Waals surface area contributed by atoms with Crippen LogP contribution in [0.1, 0.15) is 0 Å². The summed E-state index contributed by atoms with van der Waals surface area (Å²) in [5, 5.41) is 0. The number of nitrogens with one attached hydrogen (secondary N) is 1. The maximum absolute atomic E-state index is 6.86. The third-order valence-corrected chi connectivity index (χ3v) is 0. The fraction of sp³-hybridized carbons (Fsp3) is 0. The van der Waals surface area contributed by atoms with Crippen LogP contribution in [0.5, 0.6) is 0 Å². The van der Waals surface area contributed by atoms with Crippen molar-refractivity contribution in [3.8, 4) is 0 Å². The van der Waals surface area contributed by atoms with Crippen molar-refractivity contribution in [3.05, 3.63) is 10.4 Å². The van der Waals surface area contributed by atoms with E-state index in [0.29, 0.717) is 0 Å². The van der Waals surface area contributed by atoms with Crippen molar-refractivity contribution in [2.45, 2.75) is 0 Å². The van der Waals surface area contributed by atoms with Crippen LogP contribution in [0.3, 0.4) is 0 Å². The maximum Gasteiger partial charge on any atom is 0 e. The molecule has 1 radical (unpaired) electrons. The molecule has 0 aliphatic rings. The van der Waals surface area contributed by atoms with Crippen molar-refractivity contribution in [1.82, 2.24) is 0 Å². The summed E-state index contributed by atoms with van der Waals surface area (Å²) >= 11 is 0. The average Bonchev–Trinajstić information content (AvgIpc) is 0.918. The molecule has 4 heavy (non-hydrogen) atoms. The van der Waals surface area contributed by atoms with Gasteiger partial charge in [0.2, 0.25) is 0 Å². The van der Waals surface area contributed by atoms with Gasteiger partial charge in [-0.25, -0.2) is 0 Å². The molecule has 0 bridgehead atoms. The molecule has 4 heteroatoms. The fourth-order valence-electron chi connectivity index (χ4n) is 0. The number of nitrogens with zero attached hydrogens (tertiary/aromatic N) is 2. The van der Waals surface area contributed by atoms with Crippen molar-refractivity contribution in [2.24, 2.45) is 0 Å². The van der Waals surface area contributed by atoms with Gasteiger partial charge in [-0.2, -0.15) is 0 Å². The molecule has 0 unspecified atom stereocenters. The topological polar surface area (TPSA) is 60.3 Å². The molecular weight excluding hydrogens is 145 g/mol. The third-order valence-electron chi connectivity index (χ3n) is 0. The van der Waals surface area contributed by atoms with Gasteiger partial charge in [0, 0.05) is 19.5 Å². The van der Waals surface area contributed by atoms with E-state index in [4.69, 9.17) is 11.1 Å². The molecule has 0 aromatic carbocycles. The first-order valence-electron chi connectivity index (χ1n) is 0.424. The van der Waals surface area contributed by atoms with Crippen molar-refractivity contribution in [2.75, 3.05) is 0 Å². The van der Waals surface area contributed by atoms with E-state index in [2.05, 4.69) is 0 Å². The van der Waals surface area contributed by atoms with E-state index in [0.717, 1.165) is 0 Å². The Balaban J connectivity index is 0. The molecule has 0 atom stereocenters. The van der Waals surface area contributed by atoms with Crippen molar-refractivity contribution in [3.63, 3.8) is 0 Å². The zero-order valence-electron chi connectivity index (χ0n) is 1.73. The molecule has 0 aromatic rings. The zero-order valence-corrected chi connectivity index (χ0v) is 3.37. The van der Waals surface area contributed by atoms with Crippen LogP contribution in [0.4, 0.5) is 0 Å². The van der Waals surface area contributed by atoms with Gasteiger partial charge in [-0.1, -0.05) is 0 Å². The Morgan fingerprint density at radius 1 is 1.75 bits per heavy atom. The van der Waals surface area contributed by atoms with Gasteiger partial charge in [0.15, 0.2) is 0 Å². The molecule has 0 fully saturated rings. The second-order valence-electron chi connectivity index (χ2n) is 0.100. The number of hydrogen-bond donors (Lipinski definition) is 1. The van der Waals surface area contributed by atoms with Crippen LogP contribution >= 0.6 is 0 Å². The van der Waals surface area contributed by atoms with Gasteiger partial charge in [-0.05, 0) is 10.4 Å². The predicted molar refractivity (Wildman–Crippen MR) is 9.44 cm³/mol. The summed E-state index contributed by atoms with van der Waals surface area (Å²) in [6.45, 7) is 0. The van der Waals surface area contributed by atoms with Gasteiger partial charge >= 0.3 is 0 Å². The summed E-state index contributed by atoms with van der Waals surface area (Å²) in [6, 6.07) is 0. The molecule has 0 saturated carbocycles. The summed E-state index contributed by atoms with van der Waals surface area (Å²) in [5.74, 6) is 0. The second kappa shape index (κ2) is 12.6. The first-order chi connectivity index (χ1) is 1.41. The first-order valence-corrected chi connectivity index (χ1v) is 0.424. The summed E-state index contributed by atoms with van der Waals surface area (Å²) in [5.41, 5.74) is 12.2. The number of hydrogen-bond acceptors (Lipinski definition) is 1. The van der Waals surface area contributed by atoms with Crippen LogP contribution in [0.15, 0.2) is 0 Å². The van der Waals surface area contributed by atoms with Crippen LogP contribution in [0.2, 0.25) is 0 Å². The van der Waals surface area contributed by atoms with E-state index in [1.54, 1.807) is 4.91 Å². The summed E-state index contributed by atoms with van der Waals surface area (Å²) in [4.78, 5) is 1.75. The first kappa shape index (κ1) is 9.05. The van der Waals surface area contributed by atoms with E-state index < -0.39 is 0 Å². The molecule has 0 aliphatic heterocycles. The molecule has 0 heterocycles. The molecule has 1 N–H and O–H groups in total. The van der Waals surface area contributed by atoms with Gasteiger partial charge in [-0.3, -0.25) is 0 Å². The summed E-state index contributed by atoms with van der Waals surface area (Å²) < 4.78 is 0. The normalized spacial score (nSPS) is 2.00. The average molecular weight is 146 g/mol. The van der Waals surface area contributed by atoms with Crippen molar-refractivity contribution >= 4 is 0 Å². The Morgan fingerprint density at radius 3 is 1.75 bits per heavy atom. The Morgan fingerprint density at radius 2 is 1.75 bits per heavy atom. The Kier molecular flexibility index (Phi) is 28.5. The van der Waals surface area contributed by atoms with E-state index in [-0.39, 0.29) is 19.5 Å². The molecule has 0 saturated heterocycles. The summed E-state index contributed by atoms with van der Waals surface area (Å²) in [7, 11) is 0. The smallest absolute Gasteiger partial charge is 0 e. The van der Waals surface area contributed by atoms with E-state index >= 15 is 0 Å². The van der Waals surface area contributed by atoms with Crippen LogP contribution < -0.4 is 0 Å². The predicted octanol–water partition coefficient (Wildman–Crippen LogP) is 0.873. The monoisotopic (exact) mass is 146 g/mol. The van der Waals surface area contributed by atoms with Crippen LogP contribution in [-0.2, 0) is 19.5 Å². The van der Waals surface area contributed by atoms with Crippen molar-refractivity contribution in [1.29, 1.82) is 5.53 Å². The minimum atomic E-state index is 0. The molecule has 25 valence electrons. The molecule has 3 nitrogen and oxygen atoms in total. The summed E-state index contributed by atoms with van der Waals surface area (Å²) in [6.07, 6.45) is 0. The van der Waals surface area contributed by atoms with Crippen LogP contribution in [0, 0.1) is 5.53 Å². The fourth-order valence-corrected chi connectivity index (χ4v) is 0. The zero-order chi connectivity index (χ0) is 2.71. The van der Waals surface area contributed by atoms with Crippen LogP contribution in [-0.4, -0.2) is 0 Å². The molecule has 0 rings (SSSR count). The maximum atomic E-state index is 6.86. The quantitative estimate of drug-likeness (QED) is 0.228. The van der Waals surface area contributed by atoms with Crippen LogP contribution in [0.25, 0.3) is 10.4 Å². The van der Waals surface area contributed by atoms with Gasteiger partial charge in [0.05, 0.1) is 0 Å². The molecule has 0 aromatic heterocycles. The number of rotatable bonds is 0. The standard InChI is InChI=1S/HN3.Rh/c1-3-2;/h1H;. The third kappa shape index (κ3) is 379.